The fraction of sp³-hybridized carbons (Fsp3) is 0.297. The topological polar surface area (TPSA) is 115 Å². The minimum Gasteiger partial charge on any atom is -0.449 e. The number of benzene rings is 3. The Bertz CT molecular complexity index is 1680. The van der Waals surface area contributed by atoms with E-state index in [4.69, 9.17) is 10.5 Å². The average Bonchev–Trinajstić information content (AvgIpc) is 3.70. The molecule has 0 spiro atoms. The summed E-state index contributed by atoms with van der Waals surface area (Å²) in [5, 5.41) is 2.82. The lowest BCUT2D eigenvalue weighted by Crippen LogP contribution is -2.43. The SMILES string of the molecule is NC(CCCCNC(=O)OCC1c2ccccc2-c2ccccc21)C(=O)N1CCCC1c1cncc(C(=O)c2ccc(F)cc2)c1. The second-order valence-corrected chi connectivity index (χ2v) is 11.9. The molecular weight excluding hydrogens is 583 g/mol. The molecular formula is C37H37FN4O4. The molecule has 4 aromatic rings. The summed E-state index contributed by atoms with van der Waals surface area (Å²) in [7, 11) is 0. The van der Waals surface area contributed by atoms with Crippen LogP contribution in [0.1, 0.15) is 76.7 Å². The van der Waals surface area contributed by atoms with Crippen LogP contribution in [0, 0.1) is 5.82 Å². The van der Waals surface area contributed by atoms with E-state index in [-0.39, 0.29) is 30.3 Å². The van der Waals surface area contributed by atoms with E-state index in [0.717, 1.165) is 29.5 Å². The smallest absolute Gasteiger partial charge is 0.407 e. The monoisotopic (exact) mass is 620 g/mol. The number of carbonyl (C=O) groups excluding carboxylic acids is 3. The summed E-state index contributed by atoms with van der Waals surface area (Å²) in [6.07, 6.45) is 6.08. The van der Waals surface area contributed by atoms with Crippen LogP contribution in [0.15, 0.2) is 91.3 Å². The standard InChI is InChI=1S/C37H37FN4O4/c38-27-16-14-24(15-17-27)35(43)26-20-25(21-40-22-26)34-13-7-19-42(34)36(44)33(39)12-5-6-18-41-37(45)46-23-32-30-10-3-1-8-28(30)29-9-2-4-11-31(29)32/h1-4,8-11,14-17,20-22,32-34H,5-7,12-13,18-19,23,39H2,(H,41,45). The van der Waals surface area contributed by atoms with Crippen molar-refractivity contribution in [2.24, 2.45) is 5.73 Å². The molecule has 3 aromatic carbocycles. The highest BCUT2D eigenvalue weighted by atomic mass is 19.1. The Morgan fingerprint density at radius 1 is 0.935 bits per heavy atom. The fourth-order valence-electron chi connectivity index (χ4n) is 6.57. The Balaban J connectivity index is 0.951. The van der Waals surface area contributed by atoms with Gasteiger partial charge in [-0.15, -0.1) is 0 Å². The van der Waals surface area contributed by atoms with Gasteiger partial charge in [0.05, 0.1) is 12.1 Å². The van der Waals surface area contributed by atoms with Crippen LogP contribution in [0.4, 0.5) is 9.18 Å². The number of likely N-dealkylation sites (tertiary alicyclic amines) is 1. The van der Waals surface area contributed by atoms with Gasteiger partial charge in [0.1, 0.15) is 12.4 Å². The molecule has 1 aliphatic carbocycles. The van der Waals surface area contributed by atoms with Crippen molar-refractivity contribution in [1.29, 1.82) is 0 Å². The Morgan fingerprint density at radius 3 is 2.35 bits per heavy atom. The third-order valence-electron chi connectivity index (χ3n) is 8.92. The molecule has 2 amide bonds. The highest BCUT2D eigenvalue weighted by Gasteiger charge is 2.33. The van der Waals surface area contributed by atoms with Crippen LogP contribution in [0.3, 0.4) is 0 Å². The first-order chi connectivity index (χ1) is 22.4. The molecule has 1 aromatic heterocycles. The number of nitrogens with one attached hydrogen (secondary N) is 1. The van der Waals surface area contributed by atoms with E-state index in [1.54, 1.807) is 17.2 Å². The molecule has 46 heavy (non-hydrogen) atoms. The first kappa shape index (κ1) is 31.1. The lowest BCUT2D eigenvalue weighted by molar-refractivity contribution is -0.133. The van der Waals surface area contributed by atoms with Crippen LogP contribution in [-0.4, -0.2) is 53.4 Å². The number of alkyl carbamates (subject to hydrolysis) is 1. The van der Waals surface area contributed by atoms with Crippen LogP contribution >= 0.6 is 0 Å². The Labute approximate surface area is 267 Å². The molecule has 3 N–H and O–H groups in total. The number of aromatic nitrogens is 1. The number of nitrogens with two attached hydrogens (primary N) is 1. The summed E-state index contributed by atoms with van der Waals surface area (Å²) in [4.78, 5) is 44.8. The third-order valence-corrected chi connectivity index (χ3v) is 8.92. The summed E-state index contributed by atoms with van der Waals surface area (Å²) in [5.74, 6) is -0.798. The lowest BCUT2D eigenvalue weighted by Gasteiger charge is -2.28. The van der Waals surface area contributed by atoms with Crippen LogP contribution in [0.25, 0.3) is 11.1 Å². The number of ketones is 1. The summed E-state index contributed by atoms with van der Waals surface area (Å²) in [6, 6.07) is 22.7. The van der Waals surface area contributed by atoms with Gasteiger partial charge in [-0.05, 0) is 90.3 Å². The van der Waals surface area contributed by atoms with E-state index in [2.05, 4.69) is 34.6 Å². The van der Waals surface area contributed by atoms with Gasteiger partial charge in [-0.2, -0.15) is 0 Å². The molecule has 0 bridgehead atoms. The normalized spacial score (nSPS) is 16.0. The average molecular weight is 621 g/mol. The van der Waals surface area contributed by atoms with Crippen molar-refractivity contribution in [3.8, 4) is 11.1 Å². The molecule has 9 heteroatoms. The zero-order valence-corrected chi connectivity index (χ0v) is 25.5. The highest BCUT2D eigenvalue weighted by molar-refractivity contribution is 6.08. The number of fused-ring (bicyclic) bond motifs is 3. The van der Waals surface area contributed by atoms with Crippen molar-refractivity contribution in [3.63, 3.8) is 0 Å². The maximum atomic E-state index is 13.3. The minimum absolute atomic E-state index is 0.00474. The second kappa shape index (κ2) is 14.0. The van der Waals surface area contributed by atoms with E-state index in [1.165, 1.54) is 41.6 Å². The molecule has 236 valence electrons. The van der Waals surface area contributed by atoms with Gasteiger partial charge in [0.15, 0.2) is 5.78 Å². The molecule has 0 radical (unpaired) electrons. The van der Waals surface area contributed by atoms with Gasteiger partial charge in [-0.25, -0.2) is 9.18 Å². The van der Waals surface area contributed by atoms with Gasteiger partial charge in [0.25, 0.3) is 0 Å². The first-order valence-corrected chi connectivity index (χ1v) is 15.8. The predicted molar refractivity (Wildman–Crippen MR) is 173 cm³/mol. The Morgan fingerprint density at radius 2 is 1.63 bits per heavy atom. The van der Waals surface area contributed by atoms with Gasteiger partial charge < -0.3 is 20.7 Å². The van der Waals surface area contributed by atoms with Gasteiger partial charge in [0, 0.05) is 42.5 Å². The molecule has 6 rings (SSSR count). The molecule has 8 nitrogen and oxygen atoms in total. The molecule has 2 atom stereocenters. The molecule has 1 fully saturated rings. The zero-order chi connectivity index (χ0) is 32.0. The number of halogens is 1. The molecule has 2 aliphatic rings. The van der Waals surface area contributed by atoms with Gasteiger partial charge in [0.2, 0.25) is 5.91 Å². The zero-order valence-electron chi connectivity index (χ0n) is 25.5. The summed E-state index contributed by atoms with van der Waals surface area (Å²) < 4.78 is 18.9. The Kier molecular flexibility index (Phi) is 9.49. The second-order valence-electron chi connectivity index (χ2n) is 11.9. The van der Waals surface area contributed by atoms with Crippen LogP contribution in [0.2, 0.25) is 0 Å². The molecule has 2 unspecified atom stereocenters. The number of hydrogen-bond acceptors (Lipinski definition) is 6. The maximum absolute atomic E-state index is 13.3. The number of unbranched alkanes of at least 4 members (excludes halogenated alkanes) is 1. The number of nitrogens with zero attached hydrogens (tertiary/aromatic N) is 2. The van der Waals surface area contributed by atoms with E-state index in [1.807, 2.05) is 24.3 Å². The summed E-state index contributed by atoms with van der Waals surface area (Å²) in [5.41, 5.74) is 12.6. The summed E-state index contributed by atoms with van der Waals surface area (Å²) in [6.45, 7) is 1.26. The van der Waals surface area contributed by atoms with Crippen molar-refractivity contribution in [3.05, 3.63) is 125 Å². The fourth-order valence-corrected chi connectivity index (χ4v) is 6.57. The number of hydrogen-bond donors (Lipinski definition) is 2. The number of pyridine rings is 1. The molecule has 1 saturated heterocycles. The molecule has 1 aliphatic heterocycles. The van der Waals surface area contributed by atoms with Crippen molar-refractivity contribution >= 4 is 17.8 Å². The predicted octanol–water partition coefficient (Wildman–Crippen LogP) is 6.15. The molecule has 2 heterocycles. The van der Waals surface area contributed by atoms with E-state index in [9.17, 15) is 18.8 Å². The lowest BCUT2D eigenvalue weighted by atomic mass is 9.98. The summed E-state index contributed by atoms with van der Waals surface area (Å²) >= 11 is 0. The van der Waals surface area contributed by atoms with Gasteiger partial charge in [-0.1, -0.05) is 48.5 Å². The van der Waals surface area contributed by atoms with E-state index >= 15 is 0 Å². The van der Waals surface area contributed by atoms with Gasteiger partial charge in [-0.3, -0.25) is 14.6 Å². The van der Waals surface area contributed by atoms with Gasteiger partial charge >= 0.3 is 6.09 Å². The van der Waals surface area contributed by atoms with Crippen LogP contribution in [0.5, 0.6) is 0 Å². The largest absolute Gasteiger partial charge is 0.449 e. The van der Waals surface area contributed by atoms with Crippen molar-refractivity contribution in [2.45, 2.75) is 50.1 Å². The van der Waals surface area contributed by atoms with Crippen LogP contribution < -0.4 is 11.1 Å². The van der Waals surface area contributed by atoms with E-state index in [0.29, 0.717) is 43.5 Å². The Hall–Kier alpha value is -4.89. The van der Waals surface area contributed by atoms with Crippen molar-refractivity contribution in [1.82, 2.24) is 15.2 Å². The highest BCUT2D eigenvalue weighted by Crippen LogP contribution is 2.44. The van der Waals surface area contributed by atoms with Crippen molar-refractivity contribution < 1.29 is 23.5 Å². The number of amides is 2. The number of carbonyl (C=O) groups is 3. The van der Waals surface area contributed by atoms with E-state index < -0.39 is 18.0 Å². The van der Waals surface area contributed by atoms with Crippen LogP contribution in [-0.2, 0) is 9.53 Å². The molecule has 0 saturated carbocycles. The quantitative estimate of drug-likeness (QED) is 0.154. The first-order valence-electron chi connectivity index (χ1n) is 15.8. The third kappa shape index (κ3) is 6.70. The minimum atomic E-state index is -0.674. The maximum Gasteiger partial charge on any atom is 0.407 e. The van der Waals surface area contributed by atoms with Crippen molar-refractivity contribution in [2.75, 3.05) is 19.7 Å². The number of ether oxygens (including phenoxy) is 1. The number of rotatable bonds is 11.